The molecule has 5 heteroatoms. The predicted octanol–water partition coefficient (Wildman–Crippen LogP) is 10.7. The van der Waals surface area contributed by atoms with Crippen molar-refractivity contribution in [3.63, 3.8) is 0 Å². The van der Waals surface area contributed by atoms with Crippen molar-refractivity contribution >= 4 is 65.4 Å². The second-order valence-electron chi connectivity index (χ2n) is 12.4. The summed E-state index contributed by atoms with van der Waals surface area (Å²) in [5.74, 6) is 0. The number of hydrogen-bond acceptors (Lipinski definition) is 2. The summed E-state index contributed by atoms with van der Waals surface area (Å²) in [4.78, 5) is 0. The van der Waals surface area contributed by atoms with Crippen molar-refractivity contribution in [3.05, 3.63) is 163 Å². The number of aromatic nitrogens is 3. The van der Waals surface area contributed by atoms with Crippen molar-refractivity contribution in [1.82, 2.24) is 13.7 Å². The van der Waals surface area contributed by atoms with Crippen LogP contribution in [0.3, 0.4) is 0 Å². The van der Waals surface area contributed by atoms with Gasteiger partial charge in [0.05, 0.1) is 50.3 Å². The van der Waals surface area contributed by atoms with Gasteiger partial charge in [0, 0.05) is 49.4 Å². The molecule has 3 aromatic heterocycles. The average Bonchev–Trinajstić information content (AvgIpc) is 3.81. The number of rotatable bonds is 3. The van der Waals surface area contributed by atoms with Gasteiger partial charge < -0.3 is 13.7 Å². The lowest BCUT2D eigenvalue weighted by Gasteiger charge is -2.12. The molecule has 0 amide bonds. The molecule has 0 atom stereocenters. The monoisotopic (exact) mass is 623 g/mol. The summed E-state index contributed by atoms with van der Waals surface area (Å²) in [5, 5.41) is 26.8. The smallest absolute Gasteiger partial charge is 0.101 e. The number of nitriles is 2. The Morgan fingerprint density at radius 2 is 0.918 bits per heavy atom. The zero-order valence-corrected chi connectivity index (χ0v) is 26.2. The molecule has 3 heterocycles. The topological polar surface area (TPSA) is 62.4 Å². The zero-order valence-electron chi connectivity index (χ0n) is 26.2. The number of fused-ring (bicyclic) bond motifs is 11. The van der Waals surface area contributed by atoms with Crippen LogP contribution in [0.4, 0.5) is 0 Å². The Kier molecular flexibility index (Phi) is 5.64. The quantitative estimate of drug-likeness (QED) is 0.197. The summed E-state index contributed by atoms with van der Waals surface area (Å²) in [7, 11) is 0. The van der Waals surface area contributed by atoms with Crippen molar-refractivity contribution < 1.29 is 0 Å². The van der Waals surface area contributed by atoms with E-state index in [1.165, 1.54) is 0 Å². The van der Waals surface area contributed by atoms with Crippen molar-refractivity contribution in [2.24, 2.45) is 0 Å². The van der Waals surface area contributed by atoms with Gasteiger partial charge in [-0.1, -0.05) is 78.9 Å². The first-order valence-corrected chi connectivity index (χ1v) is 16.2. The molecule has 226 valence electrons. The van der Waals surface area contributed by atoms with Crippen LogP contribution in [0.5, 0.6) is 0 Å². The highest BCUT2D eigenvalue weighted by molar-refractivity contribution is 6.32. The summed E-state index contributed by atoms with van der Waals surface area (Å²) in [6.45, 7) is 0. The number of hydrogen-bond donors (Lipinski definition) is 0. The van der Waals surface area contributed by atoms with E-state index in [4.69, 9.17) is 0 Å². The first kappa shape index (κ1) is 27.1. The van der Waals surface area contributed by atoms with Gasteiger partial charge in [-0.25, -0.2) is 0 Å². The largest absolute Gasteiger partial charge is 0.309 e. The van der Waals surface area contributed by atoms with Crippen LogP contribution in [0.2, 0.25) is 0 Å². The Morgan fingerprint density at radius 1 is 0.367 bits per heavy atom. The molecule has 0 radical (unpaired) electrons. The first-order valence-electron chi connectivity index (χ1n) is 16.2. The molecule has 0 spiro atoms. The predicted molar refractivity (Wildman–Crippen MR) is 199 cm³/mol. The molecular weight excluding hydrogens is 599 g/mol. The summed E-state index contributed by atoms with van der Waals surface area (Å²) in [5.41, 5.74) is 10.6. The van der Waals surface area contributed by atoms with E-state index in [0.717, 1.165) is 82.5 Å². The Balaban J connectivity index is 1.48. The highest BCUT2D eigenvalue weighted by Crippen LogP contribution is 2.47. The molecular formula is C44H25N5. The molecule has 0 unspecified atom stereocenters. The number of benzene rings is 7. The minimum absolute atomic E-state index is 0.628. The standard InChI is InChI=1S/C44H25N5/c45-26-28-19-21-32(22-20-28)47-37-17-9-7-15-34(37)40-39(47)24-23-33-36-25-29(27-46)42-41(44(36)49(43(33)40)31-13-5-2-6-14-31)35-16-8-10-18-38(35)48(42)30-11-3-1-4-12-30/h1-25H. The maximum absolute atomic E-state index is 10.8. The minimum Gasteiger partial charge on any atom is -0.309 e. The zero-order chi connectivity index (χ0) is 32.6. The van der Waals surface area contributed by atoms with Gasteiger partial charge in [-0.15, -0.1) is 0 Å². The SMILES string of the molecule is N#Cc1ccc(-n2c3ccccc3c3c2ccc2c4cc(C#N)c5c(c6ccccc6n5-c5ccccc5)c4n(-c4ccccc4)c23)cc1. The maximum Gasteiger partial charge on any atom is 0.101 e. The van der Waals surface area contributed by atoms with Crippen LogP contribution in [-0.2, 0) is 0 Å². The van der Waals surface area contributed by atoms with E-state index in [2.05, 4.69) is 129 Å². The third-order valence-electron chi connectivity index (χ3n) is 9.86. The Hall–Kier alpha value is -7.08. The average molecular weight is 624 g/mol. The maximum atomic E-state index is 10.8. The summed E-state index contributed by atoms with van der Waals surface area (Å²) in [6.07, 6.45) is 0. The minimum atomic E-state index is 0.628. The van der Waals surface area contributed by atoms with E-state index in [1.54, 1.807) is 0 Å². The van der Waals surface area contributed by atoms with Crippen molar-refractivity contribution in [2.45, 2.75) is 0 Å². The molecule has 0 bridgehead atoms. The van der Waals surface area contributed by atoms with Crippen molar-refractivity contribution in [1.29, 1.82) is 10.5 Å². The van der Waals surface area contributed by atoms with Crippen LogP contribution in [-0.4, -0.2) is 13.7 Å². The van der Waals surface area contributed by atoms with Crippen LogP contribution in [0.25, 0.3) is 82.5 Å². The lowest BCUT2D eigenvalue weighted by molar-refractivity contribution is 1.17. The van der Waals surface area contributed by atoms with Gasteiger partial charge in [-0.3, -0.25) is 0 Å². The second kappa shape index (κ2) is 10.2. The summed E-state index contributed by atoms with van der Waals surface area (Å²) in [6, 6.07) is 57.0. The highest BCUT2D eigenvalue weighted by Gasteiger charge is 2.26. The normalized spacial score (nSPS) is 11.6. The van der Waals surface area contributed by atoms with Crippen LogP contribution in [0, 0.1) is 22.7 Å². The molecule has 0 fully saturated rings. The summed E-state index contributed by atoms with van der Waals surface area (Å²) < 4.78 is 6.94. The third-order valence-corrected chi connectivity index (χ3v) is 9.86. The molecule has 10 aromatic rings. The highest BCUT2D eigenvalue weighted by atomic mass is 15.0. The molecule has 0 N–H and O–H groups in total. The van der Waals surface area contributed by atoms with Gasteiger partial charge in [-0.05, 0) is 72.8 Å². The second-order valence-corrected chi connectivity index (χ2v) is 12.4. The van der Waals surface area contributed by atoms with Gasteiger partial charge >= 0.3 is 0 Å². The van der Waals surface area contributed by atoms with E-state index in [1.807, 2.05) is 48.5 Å². The van der Waals surface area contributed by atoms with Gasteiger partial charge in [0.2, 0.25) is 0 Å². The van der Waals surface area contributed by atoms with Gasteiger partial charge in [-0.2, -0.15) is 10.5 Å². The van der Waals surface area contributed by atoms with E-state index >= 15 is 0 Å². The van der Waals surface area contributed by atoms with E-state index in [-0.39, 0.29) is 0 Å². The fraction of sp³-hybridized carbons (Fsp3) is 0. The molecule has 0 aliphatic rings. The van der Waals surface area contributed by atoms with Crippen LogP contribution in [0.1, 0.15) is 11.1 Å². The Labute approximate surface area is 280 Å². The molecule has 7 aromatic carbocycles. The number of para-hydroxylation sites is 4. The summed E-state index contributed by atoms with van der Waals surface area (Å²) >= 11 is 0. The van der Waals surface area contributed by atoms with Gasteiger partial charge in [0.25, 0.3) is 0 Å². The molecule has 0 aliphatic carbocycles. The fourth-order valence-corrected chi connectivity index (χ4v) is 7.92. The third kappa shape index (κ3) is 3.67. The first-order chi connectivity index (χ1) is 24.3. The van der Waals surface area contributed by atoms with Crippen LogP contribution >= 0.6 is 0 Å². The molecule has 10 rings (SSSR count). The fourth-order valence-electron chi connectivity index (χ4n) is 7.92. The molecule has 0 saturated heterocycles. The molecule has 0 aliphatic heterocycles. The lowest BCUT2D eigenvalue weighted by atomic mass is 10.0. The number of nitrogens with zero attached hydrogens (tertiary/aromatic N) is 5. The molecule has 0 saturated carbocycles. The van der Waals surface area contributed by atoms with Gasteiger partial charge in [0.15, 0.2) is 0 Å². The van der Waals surface area contributed by atoms with E-state index < -0.39 is 0 Å². The van der Waals surface area contributed by atoms with Gasteiger partial charge in [0.1, 0.15) is 6.07 Å². The van der Waals surface area contributed by atoms with E-state index in [9.17, 15) is 10.5 Å². The Morgan fingerprint density at radius 3 is 1.57 bits per heavy atom. The van der Waals surface area contributed by atoms with Crippen molar-refractivity contribution in [2.75, 3.05) is 0 Å². The Bertz CT molecular complexity index is 3040. The molecule has 49 heavy (non-hydrogen) atoms. The van der Waals surface area contributed by atoms with Crippen LogP contribution < -0.4 is 0 Å². The molecule has 5 nitrogen and oxygen atoms in total. The lowest BCUT2D eigenvalue weighted by Crippen LogP contribution is -1.97. The van der Waals surface area contributed by atoms with E-state index in [0.29, 0.717) is 11.1 Å². The van der Waals surface area contributed by atoms with Crippen LogP contribution in [0.15, 0.2) is 152 Å². The van der Waals surface area contributed by atoms with Crippen molar-refractivity contribution in [3.8, 4) is 29.2 Å².